The normalized spacial score (nSPS) is 15.6. The Hall–Kier alpha value is -0.570. The van der Waals surface area contributed by atoms with E-state index < -0.39 is 5.60 Å². The van der Waals surface area contributed by atoms with Crippen LogP contribution in [0, 0.1) is 0 Å². The molecule has 0 amide bonds. The van der Waals surface area contributed by atoms with Crippen molar-refractivity contribution in [2.45, 2.75) is 77.9 Å². The Labute approximate surface area is 99.7 Å². The van der Waals surface area contributed by atoms with Crippen molar-refractivity contribution in [3.63, 3.8) is 0 Å². The number of unbranched alkanes of at least 4 members (excludes halogenated alkanes) is 1. The summed E-state index contributed by atoms with van der Waals surface area (Å²) in [5.41, 5.74) is 5.47. The molecule has 3 nitrogen and oxygen atoms in total. The minimum atomic E-state index is -0.397. The molecular formula is C13H27NO2. The molecule has 0 rings (SSSR count). The summed E-state index contributed by atoms with van der Waals surface area (Å²) in [4.78, 5) is 11.5. The Kier molecular flexibility index (Phi) is 6.01. The van der Waals surface area contributed by atoms with Gasteiger partial charge in [-0.2, -0.15) is 0 Å². The zero-order valence-corrected chi connectivity index (χ0v) is 11.4. The number of nitrogens with two attached hydrogens (primary N) is 1. The summed E-state index contributed by atoms with van der Waals surface area (Å²) in [6.07, 6.45) is 4.32. The first kappa shape index (κ1) is 15.4. The summed E-state index contributed by atoms with van der Waals surface area (Å²) < 4.78 is 5.24. The molecule has 0 bridgehead atoms. The van der Waals surface area contributed by atoms with Gasteiger partial charge in [0.15, 0.2) is 0 Å². The SMILES string of the molecule is CCCCC(C)(N)CCC(=O)OC(C)(C)C. The molecular weight excluding hydrogens is 202 g/mol. The van der Waals surface area contributed by atoms with Crippen LogP contribution in [-0.2, 0) is 9.53 Å². The van der Waals surface area contributed by atoms with Crippen LogP contribution in [0.3, 0.4) is 0 Å². The number of ether oxygens (including phenoxy) is 1. The van der Waals surface area contributed by atoms with E-state index in [1.807, 2.05) is 27.7 Å². The van der Waals surface area contributed by atoms with E-state index in [4.69, 9.17) is 10.5 Å². The van der Waals surface area contributed by atoms with Crippen LogP contribution >= 0.6 is 0 Å². The first-order chi connectivity index (χ1) is 7.16. The highest BCUT2D eigenvalue weighted by Crippen LogP contribution is 2.18. The number of carbonyl (C=O) groups excluding carboxylic acids is 1. The van der Waals surface area contributed by atoms with Crippen molar-refractivity contribution in [2.24, 2.45) is 5.73 Å². The van der Waals surface area contributed by atoms with E-state index in [9.17, 15) is 4.79 Å². The summed E-state index contributed by atoms with van der Waals surface area (Å²) >= 11 is 0. The second kappa shape index (κ2) is 6.24. The van der Waals surface area contributed by atoms with E-state index in [0.29, 0.717) is 12.8 Å². The van der Waals surface area contributed by atoms with Crippen LogP contribution in [0.25, 0.3) is 0 Å². The molecule has 16 heavy (non-hydrogen) atoms. The van der Waals surface area contributed by atoms with E-state index in [1.165, 1.54) is 0 Å². The van der Waals surface area contributed by atoms with E-state index in [2.05, 4.69) is 6.92 Å². The van der Waals surface area contributed by atoms with Crippen molar-refractivity contribution in [2.75, 3.05) is 0 Å². The Morgan fingerprint density at radius 1 is 1.19 bits per heavy atom. The lowest BCUT2D eigenvalue weighted by molar-refractivity contribution is -0.155. The summed E-state index contributed by atoms with van der Waals surface area (Å²) in [5.74, 6) is -0.152. The summed E-state index contributed by atoms with van der Waals surface area (Å²) in [7, 11) is 0. The van der Waals surface area contributed by atoms with Gasteiger partial charge in [-0.1, -0.05) is 19.8 Å². The predicted octanol–water partition coefficient (Wildman–Crippen LogP) is 3.02. The Morgan fingerprint density at radius 3 is 2.19 bits per heavy atom. The van der Waals surface area contributed by atoms with Gasteiger partial charge in [-0.05, 0) is 40.5 Å². The molecule has 96 valence electrons. The first-order valence-corrected chi connectivity index (χ1v) is 6.17. The zero-order valence-electron chi connectivity index (χ0n) is 11.4. The highest BCUT2D eigenvalue weighted by molar-refractivity contribution is 5.69. The number of hydrogen-bond acceptors (Lipinski definition) is 3. The van der Waals surface area contributed by atoms with Crippen LogP contribution in [0.5, 0.6) is 0 Å². The first-order valence-electron chi connectivity index (χ1n) is 6.17. The fourth-order valence-corrected chi connectivity index (χ4v) is 1.49. The fraction of sp³-hybridized carbons (Fsp3) is 0.923. The van der Waals surface area contributed by atoms with Crippen LogP contribution in [0.15, 0.2) is 0 Å². The molecule has 0 aromatic rings. The van der Waals surface area contributed by atoms with Crippen molar-refractivity contribution in [1.29, 1.82) is 0 Å². The molecule has 0 aromatic heterocycles. The molecule has 0 saturated carbocycles. The smallest absolute Gasteiger partial charge is 0.306 e. The summed E-state index contributed by atoms with van der Waals surface area (Å²) in [6, 6.07) is 0. The van der Waals surface area contributed by atoms with Gasteiger partial charge in [0.2, 0.25) is 0 Å². The second-order valence-electron chi connectivity index (χ2n) is 5.84. The molecule has 1 unspecified atom stereocenters. The molecule has 2 N–H and O–H groups in total. The van der Waals surface area contributed by atoms with Crippen molar-refractivity contribution < 1.29 is 9.53 Å². The molecule has 0 aliphatic rings. The van der Waals surface area contributed by atoms with E-state index in [0.717, 1.165) is 19.3 Å². The largest absolute Gasteiger partial charge is 0.460 e. The van der Waals surface area contributed by atoms with Gasteiger partial charge >= 0.3 is 5.97 Å². The van der Waals surface area contributed by atoms with Crippen molar-refractivity contribution >= 4 is 5.97 Å². The van der Waals surface area contributed by atoms with E-state index in [1.54, 1.807) is 0 Å². The molecule has 0 fully saturated rings. The topological polar surface area (TPSA) is 52.3 Å². The van der Waals surface area contributed by atoms with Gasteiger partial charge in [0.1, 0.15) is 5.60 Å². The highest BCUT2D eigenvalue weighted by Gasteiger charge is 2.22. The number of carbonyl (C=O) groups is 1. The predicted molar refractivity (Wildman–Crippen MR) is 67.2 cm³/mol. The fourth-order valence-electron chi connectivity index (χ4n) is 1.49. The summed E-state index contributed by atoms with van der Waals surface area (Å²) in [5, 5.41) is 0. The number of esters is 1. The maximum Gasteiger partial charge on any atom is 0.306 e. The lowest BCUT2D eigenvalue weighted by atomic mass is 9.91. The van der Waals surface area contributed by atoms with Crippen molar-refractivity contribution in [3.05, 3.63) is 0 Å². The molecule has 1 atom stereocenters. The third-order valence-corrected chi connectivity index (χ3v) is 2.42. The molecule has 0 aliphatic carbocycles. The maximum absolute atomic E-state index is 11.5. The van der Waals surface area contributed by atoms with Crippen LogP contribution in [0.1, 0.15) is 66.7 Å². The third kappa shape index (κ3) is 8.72. The van der Waals surface area contributed by atoms with Gasteiger partial charge in [-0.3, -0.25) is 4.79 Å². The molecule has 0 saturated heterocycles. The molecule has 0 heterocycles. The van der Waals surface area contributed by atoms with Crippen molar-refractivity contribution in [1.82, 2.24) is 0 Å². The van der Waals surface area contributed by atoms with Gasteiger partial charge in [0, 0.05) is 12.0 Å². The van der Waals surface area contributed by atoms with Gasteiger partial charge in [-0.15, -0.1) is 0 Å². The lowest BCUT2D eigenvalue weighted by Crippen LogP contribution is -2.37. The van der Waals surface area contributed by atoms with Gasteiger partial charge in [0.05, 0.1) is 0 Å². The Balaban J connectivity index is 3.90. The molecule has 0 aromatic carbocycles. The van der Waals surface area contributed by atoms with E-state index >= 15 is 0 Å². The minimum Gasteiger partial charge on any atom is -0.460 e. The van der Waals surface area contributed by atoms with Gasteiger partial charge in [-0.25, -0.2) is 0 Å². The molecule has 0 aliphatic heterocycles. The standard InChI is InChI=1S/C13H27NO2/c1-6-7-9-13(5,14)10-8-11(15)16-12(2,3)4/h6-10,14H2,1-5H3. The lowest BCUT2D eigenvalue weighted by Gasteiger charge is -2.25. The number of rotatable bonds is 6. The molecule has 3 heteroatoms. The van der Waals surface area contributed by atoms with Gasteiger partial charge < -0.3 is 10.5 Å². The van der Waals surface area contributed by atoms with Crippen molar-refractivity contribution in [3.8, 4) is 0 Å². The van der Waals surface area contributed by atoms with Crippen LogP contribution < -0.4 is 5.73 Å². The quantitative estimate of drug-likeness (QED) is 0.712. The second-order valence-corrected chi connectivity index (χ2v) is 5.84. The summed E-state index contributed by atoms with van der Waals surface area (Å²) in [6.45, 7) is 9.79. The van der Waals surface area contributed by atoms with Gasteiger partial charge in [0.25, 0.3) is 0 Å². The average Bonchev–Trinajstić information content (AvgIpc) is 2.09. The Bertz CT molecular complexity index is 216. The average molecular weight is 229 g/mol. The third-order valence-electron chi connectivity index (χ3n) is 2.42. The monoisotopic (exact) mass is 229 g/mol. The van der Waals surface area contributed by atoms with Crippen LogP contribution in [0.2, 0.25) is 0 Å². The maximum atomic E-state index is 11.5. The molecule has 0 spiro atoms. The Morgan fingerprint density at radius 2 is 1.75 bits per heavy atom. The minimum absolute atomic E-state index is 0.152. The molecule has 0 radical (unpaired) electrons. The van der Waals surface area contributed by atoms with Crippen LogP contribution in [0.4, 0.5) is 0 Å². The number of hydrogen-bond donors (Lipinski definition) is 1. The highest BCUT2D eigenvalue weighted by atomic mass is 16.6. The van der Waals surface area contributed by atoms with E-state index in [-0.39, 0.29) is 11.5 Å². The van der Waals surface area contributed by atoms with Crippen LogP contribution in [-0.4, -0.2) is 17.1 Å². The zero-order chi connectivity index (χ0) is 12.8.